The van der Waals surface area contributed by atoms with Crippen LogP contribution in [0.25, 0.3) is 11.3 Å². The lowest BCUT2D eigenvalue weighted by Gasteiger charge is -2.09. The number of pyridine rings is 1. The molecule has 2 aromatic heterocycles. The van der Waals surface area contributed by atoms with Gasteiger partial charge in [0.15, 0.2) is 0 Å². The van der Waals surface area contributed by atoms with Gasteiger partial charge in [-0.1, -0.05) is 23.7 Å². The molecule has 0 aliphatic heterocycles. The van der Waals surface area contributed by atoms with Crippen molar-refractivity contribution >= 4 is 11.6 Å². The van der Waals surface area contributed by atoms with E-state index in [1.807, 2.05) is 24.3 Å². The molecule has 0 spiro atoms. The molecule has 1 aromatic carbocycles. The van der Waals surface area contributed by atoms with Gasteiger partial charge in [-0.3, -0.25) is 9.78 Å². The van der Waals surface area contributed by atoms with Crippen LogP contribution < -0.4 is 10.3 Å². The molecule has 0 saturated heterocycles. The highest BCUT2D eigenvalue weighted by Crippen LogP contribution is 2.16. The van der Waals surface area contributed by atoms with Gasteiger partial charge in [-0.05, 0) is 29.8 Å². The van der Waals surface area contributed by atoms with Crippen molar-refractivity contribution in [3.05, 3.63) is 76.1 Å². The van der Waals surface area contributed by atoms with Gasteiger partial charge in [0, 0.05) is 24.2 Å². The van der Waals surface area contributed by atoms with Crippen LogP contribution in [0.5, 0.6) is 5.75 Å². The SMILES string of the molecule is COc1ccc(Cn2cc(Cl)nc(-c3ccncc3)c2=O)cc1. The molecule has 116 valence electrons. The van der Waals surface area contributed by atoms with E-state index in [1.54, 1.807) is 42.4 Å². The summed E-state index contributed by atoms with van der Waals surface area (Å²) in [7, 11) is 1.61. The Morgan fingerprint density at radius 3 is 2.48 bits per heavy atom. The molecular weight excluding hydrogens is 314 g/mol. The Labute approximate surface area is 138 Å². The van der Waals surface area contributed by atoms with Crippen molar-refractivity contribution in [3.63, 3.8) is 0 Å². The molecule has 0 N–H and O–H groups in total. The molecule has 2 heterocycles. The number of methoxy groups -OCH3 is 1. The van der Waals surface area contributed by atoms with Crippen molar-refractivity contribution in [2.24, 2.45) is 0 Å². The van der Waals surface area contributed by atoms with Crippen LogP contribution in [0.4, 0.5) is 0 Å². The number of rotatable bonds is 4. The lowest BCUT2D eigenvalue weighted by molar-refractivity contribution is 0.414. The van der Waals surface area contributed by atoms with E-state index < -0.39 is 0 Å². The van der Waals surface area contributed by atoms with Crippen LogP contribution >= 0.6 is 11.6 Å². The maximum atomic E-state index is 12.6. The fourth-order valence-electron chi connectivity index (χ4n) is 2.25. The highest BCUT2D eigenvalue weighted by molar-refractivity contribution is 6.29. The molecule has 0 amide bonds. The molecule has 0 radical (unpaired) electrons. The predicted octanol–water partition coefficient (Wildman–Crippen LogP) is 3.02. The number of hydrogen-bond acceptors (Lipinski definition) is 4. The maximum Gasteiger partial charge on any atom is 0.277 e. The van der Waals surface area contributed by atoms with Crippen LogP contribution in [0.15, 0.2) is 59.8 Å². The van der Waals surface area contributed by atoms with E-state index >= 15 is 0 Å². The van der Waals surface area contributed by atoms with Crippen molar-refractivity contribution < 1.29 is 4.74 Å². The molecule has 3 aromatic rings. The summed E-state index contributed by atoms with van der Waals surface area (Å²) in [6.45, 7) is 0.406. The van der Waals surface area contributed by atoms with Gasteiger partial charge in [0.2, 0.25) is 0 Å². The third kappa shape index (κ3) is 3.40. The summed E-state index contributed by atoms with van der Waals surface area (Å²) in [5, 5.41) is 0.268. The first-order valence-corrected chi connectivity index (χ1v) is 7.35. The van der Waals surface area contributed by atoms with Gasteiger partial charge < -0.3 is 9.30 Å². The molecule has 0 aliphatic carbocycles. The number of benzene rings is 1. The molecule has 0 fully saturated rings. The van der Waals surface area contributed by atoms with Gasteiger partial charge in [-0.15, -0.1) is 0 Å². The number of ether oxygens (including phenoxy) is 1. The Bertz CT molecular complexity index is 861. The fourth-order valence-corrected chi connectivity index (χ4v) is 2.45. The van der Waals surface area contributed by atoms with Crippen molar-refractivity contribution in [1.82, 2.24) is 14.5 Å². The Morgan fingerprint density at radius 1 is 1.13 bits per heavy atom. The van der Waals surface area contributed by atoms with E-state index in [0.29, 0.717) is 17.8 Å². The first-order chi connectivity index (χ1) is 11.2. The third-order valence-electron chi connectivity index (χ3n) is 3.41. The second-order valence-electron chi connectivity index (χ2n) is 4.93. The van der Waals surface area contributed by atoms with Crippen molar-refractivity contribution in [2.75, 3.05) is 7.11 Å². The minimum absolute atomic E-state index is 0.198. The van der Waals surface area contributed by atoms with E-state index in [9.17, 15) is 4.79 Å². The zero-order valence-electron chi connectivity index (χ0n) is 12.4. The van der Waals surface area contributed by atoms with Gasteiger partial charge in [0.1, 0.15) is 16.6 Å². The summed E-state index contributed by atoms with van der Waals surface area (Å²) in [6.07, 6.45) is 4.77. The average Bonchev–Trinajstić information content (AvgIpc) is 2.59. The maximum absolute atomic E-state index is 12.6. The van der Waals surface area contributed by atoms with Crippen LogP contribution in [0.1, 0.15) is 5.56 Å². The average molecular weight is 328 g/mol. The van der Waals surface area contributed by atoms with Gasteiger partial charge in [0.05, 0.1) is 13.7 Å². The molecule has 0 saturated carbocycles. The van der Waals surface area contributed by atoms with Crippen LogP contribution in [0.3, 0.4) is 0 Å². The van der Waals surface area contributed by atoms with E-state index in [2.05, 4.69) is 9.97 Å². The van der Waals surface area contributed by atoms with Gasteiger partial charge in [0.25, 0.3) is 5.56 Å². The third-order valence-corrected chi connectivity index (χ3v) is 3.59. The van der Waals surface area contributed by atoms with E-state index in [4.69, 9.17) is 16.3 Å². The standard InChI is InChI=1S/C17H14ClN3O2/c1-23-14-4-2-12(3-5-14)10-21-11-15(18)20-16(17(21)22)13-6-8-19-9-7-13/h2-9,11H,10H2,1H3. The monoisotopic (exact) mass is 327 g/mol. The molecule has 5 nitrogen and oxygen atoms in total. The zero-order valence-corrected chi connectivity index (χ0v) is 13.2. The predicted molar refractivity (Wildman–Crippen MR) is 88.8 cm³/mol. The fraction of sp³-hybridized carbons (Fsp3) is 0.118. The molecule has 3 rings (SSSR count). The largest absolute Gasteiger partial charge is 0.497 e. The molecular formula is C17H14ClN3O2. The summed E-state index contributed by atoms with van der Waals surface area (Å²) in [5.74, 6) is 0.770. The topological polar surface area (TPSA) is 57.0 Å². The van der Waals surface area contributed by atoms with Crippen LogP contribution in [-0.2, 0) is 6.54 Å². The normalized spacial score (nSPS) is 10.5. The second-order valence-corrected chi connectivity index (χ2v) is 5.32. The molecule has 0 unspecified atom stereocenters. The van der Waals surface area contributed by atoms with Crippen LogP contribution in [-0.4, -0.2) is 21.6 Å². The minimum Gasteiger partial charge on any atom is -0.497 e. The molecule has 6 heteroatoms. The quantitative estimate of drug-likeness (QED) is 0.739. The van der Waals surface area contributed by atoms with Crippen molar-refractivity contribution in [2.45, 2.75) is 6.54 Å². The second kappa shape index (κ2) is 6.62. The molecule has 23 heavy (non-hydrogen) atoms. The van der Waals surface area contributed by atoms with Crippen molar-refractivity contribution in [1.29, 1.82) is 0 Å². The van der Waals surface area contributed by atoms with Gasteiger partial charge >= 0.3 is 0 Å². The zero-order chi connectivity index (χ0) is 16.2. The Balaban J connectivity index is 1.99. The van der Waals surface area contributed by atoms with E-state index in [-0.39, 0.29) is 10.7 Å². The van der Waals surface area contributed by atoms with Crippen LogP contribution in [0.2, 0.25) is 5.15 Å². The number of halogens is 1. The first-order valence-electron chi connectivity index (χ1n) is 6.97. The minimum atomic E-state index is -0.198. The van der Waals surface area contributed by atoms with Gasteiger partial charge in [-0.25, -0.2) is 4.98 Å². The summed E-state index contributed by atoms with van der Waals surface area (Å²) in [6, 6.07) is 11.0. The van der Waals surface area contributed by atoms with Gasteiger partial charge in [-0.2, -0.15) is 0 Å². The van der Waals surface area contributed by atoms with E-state index in [1.165, 1.54) is 0 Å². The molecule has 0 aliphatic rings. The molecule has 0 bridgehead atoms. The Hall–Kier alpha value is -2.66. The highest BCUT2D eigenvalue weighted by atomic mass is 35.5. The number of aromatic nitrogens is 3. The highest BCUT2D eigenvalue weighted by Gasteiger charge is 2.10. The first kappa shape index (κ1) is 15.2. The molecule has 0 atom stereocenters. The summed E-state index contributed by atoms with van der Waals surface area (Å²) < 4.78 is 6.68. The van der Waals surface area contributed by atoms with Crippen LogP contribution in [0, 0.1) is 0 Å². The Morgan fingerprint density at radius 2 is 1.83 bits per heavy atom. The lowest BCUT2D eigenvalue weighted by atomic mass is 10.2. The summed E-state index contributed by atoms with van der Waals surface area (Å²) in [4.78, 5) is 20.8. The summed E-state index contributed by atoms with van der Waals surface area (Å²) in [5.41, 5.74) is 1.77. The van der Waals surface area contributed by atoms with E-state index in [0.717, 1.165) is 11.3 Å². The number of hydrogen-bond donors (Lipinski definition) is 0. The lowest BCUT2D eigenvalue weighted by Crippen LogP contribution is -2.23. The number of nitrogens with zero attached hydrogens (tertiary/aromatic N) is 3. The smallest absolute Gasteiger partial charge is 0.277 e. The summed E-state index contributed by atoms with van der Waals surface area (Å²) >= 11 is 6.08. The van der Waals surface area contributed by atoms with Crippen molar-refractivity contribution in [3.8, 4) is 17.0 Å². The Kier molecular flexibility index (Phi) is 4.39.